The Bertz CT molecular complexity index is 2010. The summed E-state index contributed by atoms with van der Waals surface area (Å²) in [4.78, 5) is 7.80. The SMILES string of the molecule is c1ccc(-c2c3cc(N4CCCCC4)ccc3c(N3c4ccccc4Cc4ccccc43)c3cc(N4CCCCC4)ccc23)cc1. The molecule has 0 spiro atoms. The van der Waals surface area contributed by atoms with E-state index in [9.17, 15) is 0 Å². The Morgan fingerprint density at radius 1 is 0.413 bits per heavy atom. The van der Waals surface area contributed by atoms with Crippen LogP contribution < -0.4 is 14.7 Å². The minimum Gasteiger partial charge on any atom is -0.372 e. The van der Waals surface area contributed by atoms with Crippen LogP contribution in [-0.4, -0.2) is 26.2 Å². The Morgan fingerprint density at radius 2 is 0.935 bits per heavy atom. The summed E-state index contributed by atoms with van der Waals surface area (Å²) in [5.74, 6) is 0. The third-order valence-corrected chi connectivity index (χ3v) is 10.6. The van der Waals surface area contributed by atoms with Crippen molar-refractivity contribution in [1.29, 1.82) is 0 Å². The van der Waals surface area contributed by atoms with E-state index >= 15 is 0 Å². The molecule has 46 heavy (non-hydrogen) atoms. The number of piperidine rings is 2. The van der Waals surface area contributed by atoms with Gasteiger partial charge in [-0.2, -0.15) is 0 Å². The third-order valence-electron chi connectivity index (χ3n) is 10.6. The Kier molecular flexibility index (Phi) is 6.92. The second kappa shape index (κ2) is 11.6. The van der Waals surface area contributed by atoms with Gasteiger partial charge in [0.1, 0.15) is 0 Å². The fourth-order valence-electron chi connectivity index (χ4n) is 8.37. The molecule has 3 heteroatoms. The molecule has 3 aliphatic heterocycles. The fraction of sp³-hybridized carbons (Fsp3) is 0.256. The van der Waals surface area contributed by atoms with Gasteiger partial charge in [0, 0.05) is 66.1 Å². The number of anilines is 5. The van der Waals surface area contributed by atoms with E-state index in [0.717, 1.165) is 32.6 Å². The highest BCUT2D eigenvalue weighted by Gasteiger charge is 2.29. The van der Waals surface area contributed by atoms with E-state index in [-0.39, 0.29) is 0 Å². The lowest BCUT2D eigenvalue weighted by Crippen LogP contribution is -2.29. The minimum absolute atomic E-state index is 0.957. The lowest BCUT2D eigenvalue weighted by atomic mass is 9.87. The highest BCUT2D eigenvalue weighted by molar-refractivity contribution is 6.23. The van der Waals surface area contributed by atoms with Gasteiger partial charge in [-0.1, -0.05) is 78.9 Å². The zero-order valence-electron chi connectivity index (χ0n) is 26.6. The first-order valence-electron chi connectivity index (χ1n) is 17.4. The van der Waals surface area contributed by atoms with Gasteiger partial charge in [-0.05, 0) is 108 Å². The summed E-state index contributed by atoms with van der Waals surface area (Å²) in [6, 6.07) is 43.9. The van der Waals surface area contributed by atoms with Gasteiger partial charge in [0.05, 0.1) is 5.69 Å². The minimum atomic E-state index is 0.957. The molecule has 9 rings (SSSR count). The smallest absolute Gasteiger partial charge is 0.0619 e. The van der Waals surface area contributed by atoms with Crippen LogP contribution in [0, 0.1) is 0 Å². The second-order valence-electron chi connectivity index (χ2n) is 13.4. The predicted molar refractivity (Wildman–Crippen MR) is 197 cm³/mol. The molecule has 6 aromatic rings. The average molecular weight is 600 g/mol. The van der Waals surface area contributed by atoms with Gasteiger partial charge in [0.15, 0.2) is 0 Å². The number of hydrogen-bond donors (Lipinski definition) is 0. The van der Waals surface area contributed by atoms with Crippen LogP contribution in [0.15, 0.2) is 115 Å². The lowest BCUT2D eigenvalue weighted by molar-refractivity contribution is 0.578. The Morgan fingerprint density at radius 3 is 1.54 bits per heavy atom. The molecule has 0 atom stereocenters. The van der Waals surface area contributed by atoms with Gasteiger partial charge in [-0.15, -0.1) is 0 Å². The molecule has 3 heterocycles. The largest absolute Gasteiger partial charge is 0.372 e. The van der Waals surface area contributed by atoms with Crippen LogP contribution >= 0.6 is 0 Å². The highest BCUT2D eigenvalue weighted by Crippen LogP contribution is 2.52. The summed E-state index contributed by atoms with van der Waals surface area (Å²) in [7, 11) is 0. The molecular weight excluding hydrogens is 558 g/mol. The van der Waals surface area contributed by atoms with E-state index in [2.05, 4.69) is 130 Å². The highest BCUT2D eigenvalue weighted by atomic mass is 15.2. The average Bonchev–Trinajstić information content (AvgIpc) is 3.13. The van der Waals surface area contributed by atoms with Gasteiger partial charge in [0.25, 0.3) is 0 Å². The molecule has 0 amide bonds. The normalized spacial score (nSPS) is 16.5. The summed E-state index contributed by atoms with van der Waals surface area (Å²) >= 11 is 0. The van der Waals surface area contributed by atoms with E-state index in [4.69, 9.17) is 0 Å². The Hall–Kier alpha value is -4.76. The van der Waals surface area contributed by atoms with Gasteiger partial charge in [-0.25, -0.2) is 0 Å². The van der Waals surface area contributed by atoms with Crippen LogP contribution in [-0.2, 0) is 6.42 Å². The van der Waals surface area contributed by atoms with Crippen molar-refractivity contribution in [3.8, 4) is 11.1 Å². The molecule has 0 bridgehead atoms. The molecule has 0 unspecified atom stereocenters. The maximum absolute atomic E-state index is 2.61. The van der Waals surface area contributed by atoms with Crippen molar-refractivity contribution in [2.24, 2.45) is 0 Å². The van der Waals surface area contributed by atoms with E-state index < -0.39 is 0 Å². The molecule has 2 fully saturated rings. The molecule has 0 aliphatic carbocycles. The molecule has 6 aromatic carbocycles. The Labute approximate surface area is 272 Å². The van der Waals surface area contributed by atoms with Crippen molar-refractivity contribution in [2.45, 2.75) is 44.9 Å². The monoisotopic (exact) mass is 599 g/mol. The Balaban J connectivity index is 1.40. The van der Waals surface area contributed by atoms with Crippen molar-refractivity contribution in [3.63, 3.8) is 0 Å². The van der Waals surface area contributed by atoms with Crippen LogP contribution in [0.4, 0.5) is 28.4 Å². The third kappa shape index (κ3) is 4.64. The summed E-state index contributed by atoms with van der Waals surface area (Å²) in [6.45, 7) is 4.54. The molecule has 0 radical (unpaired) electrons. The van der Waals surface area contributed by atoms with Crippen LogP contribution in [0.3, 0.4) is 0 Å². The molecule has 0 aromatic heterocycles. The van der Waals surface area contributed by atoms with E-state index in [1.807, 2.05) is 0 Å². The quantitative estimate of drug-likeness (QED) is 0.186. The fourth-order valence-corrected chi connectivity index (χ4v) is 8.37. The summed E-state index contributed by atoms with van der Waals surface area (Å²) in [5.41, 5.74) is 12.0. The van der Waals surface area contributed by atoms with Crippen molar-refractivity contribution in [3.05, 3.63) is 126 Å². The molecule has 0 saturated carbocycles. The molecule has 3 aliphatic rings. The summed E-state index contributed by atoms with van der Waals surface area (Å²) in [6.07, 6.45) is 8.70. The zero-order valence-corrected chi connectivity index (χ0v) is 26.6. The second-order valence-corrected chi connectivity index (χ2v) is 13.4. The predicted octanol–water partition coefficient (Wildman–Crippen LogP) is 11.0. The van der Waals surface area contributed by atoms with Gasteiger partial charge in [-0.3, -0.25) is 0 Å². The number of fused-ring (bicyclic) bond motifs is 4. The van der Waals surface area contributed by atoms with Gasteiger partial charge >= 0.3 is 0 Å². The summed E-state index contributed by atoms with van der Waals surface area (Å²) < 4.78 is 0. The molecule has 3 nitrogen and oxygen atoms in total. The summed E-state index contributed by atoms with van der Waals surface area (Å²) in [5, 5.41) is 5.30. The molecule has 2 saturated heterocycles. The number of nitrogens with zero attached hydrogens (tertiary/aromatic N) is 3. The van der Waals surface area contributed by atoms with E-state index in [1.54, 1.807) is 0 Å². The topological polar surface area (TPSA) is 9.72 Å². The maximum atomic E-state index is 2.61. The van der Waals surface area contributed by atoms with Gasteiger partial charge < -0.3 is 14.7 Å². The molecule has 0 N–H and O–H groups in total. The van der Waals surface area contributed by atoms with Crippen LogP contribution in [0.25, 0.3) is 32.7 Å². The number of benzene rings is 6. The van der Waals surface area contributed by atoms with E-state index in [0.29, 0.717) is 0 Å². The van der Waals surface area contributed by atoms with Crippen molar-refractivity contribution >= 4 is 50.0 Å². The first kappa shape index (κ1) is 27.5. The van der Waals surface area contributed by atoms with E-state index in [1.165, 1.54) is 111 Å². The molecule has 228 valence electrons. The number of para-hydroxylation sites is 2. The van der Waals surface area contributed by atoms with Crippen LogP contribution in [0.1, 0.15) is 49.7 Å². The van der Waals surface area contributed by atoms with Crippen molar-refractivity contribution in [2.75, 3.05) is 40.9 Å². The molecular formula is C43H41N3. The van der Waals surface area contributed by atoms with Crippen molar-refractivity contribution in [1.82, 2.24) is 0 Å². The first-order chi connectivity index (χ1) is 22.8. The number of hydrogen-bond acceptors (Lipinski definition) is 3. The van der Waals surface area contributed by atoms with Gasteiger partial charge in [0.2, 0.25) is 0 Å². The number of rotatable bonds is 4. The van der Waals surface area contributed by atoms with Crippen LogP contribution in [0.5, 0.6) is 0 Å². The van der Waals surface area contributed by atoms with Crippen LogP contribution in [0.2, 0.25) is 0 Å². The maximum Gasteiger partial charge on any atom is 0.0619 e. The lowest BCUT2D eigenvalue weighted by Gasteiger charge is -2.36. The zero-order chi connectivity index (χ0) is 30.5. The standard InChI is InChI=1S/C43H41N3/c1-4-14-31(15-5-1)42-36-22-20-35(45-26-12-3-13-27-45)30-39(36)43(37-23-21-34(29-38(37)42)44-24-10-2-11-25-44)46-40-18-8-6-16-32(40)28-33-17-7-9-19-41(33)46/h1,4-9,14-23,29-30H,2-3,10-13,24-28H2. The van der Waals surface area contributed by atoms with Crippen molar-refractivity contribution < 1.29 is 0 Å². The first-order valence-corrected chi connectivity index (χ1v) is 17.4.